The quantitative estimate of drug-likeness (QED) is 0.632. The van der Waals surface area contributed by atoms with Crippen LogP contribution in [0.5, 0.6) is 0 Å². The first-order valence-electron chi connectivity index (χ1n) is 3.59. The number of hydrogen-bond acceptors (Lipinski definition) is 4. The Labute approximate surface area is 64.6 Å². The molecule has 0 aliphatic carbocycles. The van der Waals surface area contributed by atoms with Crippen molar-refractivity contribution in [2.24, 2.45) is 0 Å². The van der Waals surface area contributed by atoms with Crippen molar-refractivity contribution in [1.29, 1.82) is 0 Å². The van der Waals surface area contributed by atoms with Crippen LogP contribution in [0.4, 0.5) is 0 Å². The Kier molecular flexibility index (Phi) is 1.79. The second-order valence-electron chi connectivity index (χ2n) is 2.48. The molecule has 1 aromatic rings. The van der Waals surface area contributed by atoms with E-state index in [2.05, 4.69) is 15.4 Å². The number of nitrogens with zero attached hydrogens (tertiary/aromatic N) is 2. The van der Waals surface area contributed by atoms with E-state index in [-0.39, 0.29) is 6.04 Å². The summed E-state index contributed by atoms with van der Waals surface area (Å²) in [4.78, 5) is 12.9. The van der Waals surface area contributed by atoms with Crippen molar-refractivity contribution in [3.05, 3.63) is 24.3 Å². The molecular formula is C7H9N3O. The van der Waals surface area contributed by atoms with Gasteiger partial charge >= 0.3 is 0 Å². The molecule has 1 aliphatic rings. The molecule has 58 valence electrons. The van der Waals surface area contributed by atoms with Crippen LogP contribution in [0.3, 0.4) is 0 Å². The van der Waals surface area contributed by atoms with E-state index in [0.29, 0.717) is 0 Å². The number of rotatable bonds is 1. The third-order valence-electron chi connectivity index (χ3n) is 1.72. The first-order valence-corrected chi connectivity index (χ1v) is 3.59. The zero-order chi connectivity index (χ0) is 7.52. The van der Waals surface area contributed by atoms with Crippen molar-refractivity contribution in [3.63, 3.8) is 0 Å². The molecule has 1 saturated heterocycles. The standard InChI is InChI=1S/C7H9N3O/c1-2-11-10-7(1)6-3-8-5-9-4-6/h3-5,7,10H,1-2H2/t7-/m0/s1. The molecule has 1 aromatic heterocycles. The highest BCUT2D eigenvalue weighted by Gasteiger charge is 2.16. The molecule has 1 aliphatic heterocycles. The SMILES string of the molecule is c1ncc([C@@H]2CCON2)cn1. The van der Waals surface area contributed by atoms with Crippen molar-refractivity contribution >= 4 is 0 Å². The smallest absolute Gasteiger partial charge is 0.115 e. The van der Waals surface area contributed by atoms with E-state index in [1.807, 2.05) is 0 Å². The minimum atomic E-state index is 0.274. The van der Waals surface area contributed by atoms with Crippen LogP contribution in [0.2, 0.25) is 0 Å². The predicted octanol–water partition coefficient (Wildman–Crippen LogP) is 0.443. The second-order valence-corrected chi connectivity index (χ2v) is 2.48. The highest BCUT2D eigenvalue weighted by atomic mass is 16.7. The fourth-order valence-electron chi connectivity index (χ4n) is 1.12. The van der Waals surface area contributed by atoms with Gasteiger partial charge in [-0.05, 0) is 6.42 Å². The van der Waals surface area contributed by atoms with Crippen LogP contribution in [0, 0.1) is 0 Å². The first-order chi connectivity index (χ1) is 5.47. The summed E-state index contributed by atoms with van der Waals surface area (Å²) in [6.45, 7) is 0.763. The Bertz CT molecular complexity index is 220. The van der Waals surface area contributed by atoms with Gasteiger partial charge in [-0.15, -0.1) is 0 Å². The minimum Gasteiger partial charge on any atom is -0.301 e. The fraction of sp³-hybridized carbons (Fsp3) is 0.429. The molecule has 11 heavy (non-hydrogen) atoms. The Balaban J connectivity index is 2.16. The van der Waals surface area contributed by atoms with Gasteiger partial charge < -0.3 is 4.84 Å². The highest BCUT2D eigenvalue weighted by Crippen LogP contribution is 2.18. The lowest BCUT2D eigenvalue weighted by Crippen LogP contribution is -2.11. The van der Waals surface area contributed by atoms with Gasteiger partial charge in [0.25, 0.3) is 0 Å². The van der Waals surface area contributed by atoms with Crippen LogP contribution in [0.15, 0.2) is 18.7 Å². The van der Waals surface area contributed by atoms with Crippen LogP contribution in [0.25, 0.3) is 0 Å². The Morgan fingerprint density at radius 2 is 2.27 bits per heavy atom. The molecule has 1 N–H and O–H groups in total. The molecule has 4 nitrogen and oxygen atoms in total. The average Bonchev–Trinajstić information content (AvgIpc) is 2.58. The van der Waals surface area contributed by atoms with E-state index >= 15 is 0 Å². The monoisotopic (exact) mass is 151 g/mol. The maximum atomic E-state index is 5.01. The fourth-order valence-corrected chi connectivity index (χ4v) is 1.12. The van der Waals surface area contributed by atoms with E-state index in [0.717, 1.165) is 18.6 Å². The third kappa shape index (κ3) is 1.36. The molecule has 0 bridgehead atoms. The van der Waals surface area contributed by atoms with Crippen LogP contribution in [0.1, 0.15) is 18.0 Å². The van der Waals surface area contributed by atoms with E-state index in [1.54, 1.807) is 12.4 Å². The number of nitrogens with one attached hydrogen (secondary N) is 1. The van der Waals surface area contributed by atoms with Crippen molar-refractivity contribution < 1.29 is 4.84 Å². The molecule has 0 amide bonds. The summed E-state index contributed by atoms with van der Waals surface area (Å²) in [5, 5.41) is 0. The van der Waals surface area contributed by atoms with E-state index < -0.39 is 0 Å². The van der Waals surface area contributed by atoms with Crippen molar-refractivity contribution in [3.8, 4) is 0 Å². The van der Waals surface area contributed by atoms with Gasteiger partial charge in [-0.1, -0.05) is 0 Å². The number of aromatic nitrogens is 2. The molecule has 4 heteroatoms. The zero-order valence-electron chi connectivity index (χ0n) is 6.03. The molecule has 0 radical (unpaired) electrons. The van der Waals surface area contributed by atoms with E-state index in [4.69, 9.17) is 4.84 Å². The Morgan fingerprint density at radius 3 is 2.91 bits per heavy atom. The second kappa shape index (κ2) is 2.94. The summed E-state index contributed by atoms with van der Waals surface area (Å²) in [7, 11) is 0. The van der Waals surface area contributed by atoms with Gasteiger partial charge in [-0.2, -0.15) is 5.48 Å². The number of hydrogen-bond donors (Lipinski definition) is 1. The summed E-state index contributed by atoms with van der Waals surface area (Å²) in [5.41, 5.74) is 3.98. The molecule has 0 spiro atoms. The average molecular weight is 151 g/mol. The lowest BCUT2D eigenvalue weighted by atomic mass is 10.1. The summed E-state index contributed by atoms with van der Waals surface area (Å²) in [6, 6.07) is 0.274. The largest absolute Gasteiger partial charge is 0.301 e. The summed E-state index contributed by atoms with van der Waals surface area (Å²) in [5.74, 6) is 0. The molecule has 0 saturated carbocycles. The summed E-state index contributed by atoms with van der Waals surface area (Å²) >= 11 is 0. The molecule has 1 atom stereocenters. The molecule has 2 heterocycles. The summed E-state index contributed by atoms with van der Waals surface area (Å²) < 4.78 is 0. The Morgan fingerprint density at radius 1 is 1.45 bits per heavy atom. The van der Waals surface area contributed by atoms with Crippen LogP contribution < -0.4 is 5.48 Å². The van der Waals surface area contributed by atoms with E-state index in [9.17, 15) is 0 Å². The zero-order valence-corrected chi connectivity index (χ0v) is 6.03. The van der Waals surface area contributed by atoms with Crippen molar-refractivity contribution in [2.45, 2.75) is 12.5 Å². The van der Waals surface area contributed by atoms with Gasteiger partial charge in [0.2, 0.25) is 0 Å². The normalized spacial score (nSPS) is 23.8. The molecule has 1 fully saturated rings. The topological polar surface area (TPSA) is 47.0 Å². The van der Waals surface area contributed by atoms with Gasteiger partial charge in [0.1, 0.15) is 6.33 Å². The maximum absolute atomic E-state index is 5.01. The highest BCUT2D eigenvalue weighted by molar-refractivity contribution is 5.08. The molecule has 0 aromatic carbocycles. The van der Waals surface area contributed by atoms with Crippen molar-refractivity contribution in [2.75, 3.05) is 6.61 Å². The maximum Gasteiger partial charge on any atom is 0.115 e. The number of hydroxylamine groups is 1. The first kappa shape index (κ1) is 6.69. The van der Waals surface area contributed by atoms with Crippen LogP contribution in [-0.4, -0.2) is 16.6 Å². The summed E-state index contributed by atoms with van der Waals surface area (Å²) in [6.07, 6.45) is 6.13. The van der Waals surface area contributed by atoms with Gasteiger partial charge in [0, 0.05) is 18.0 Å². The van der Waals surface area contributed by atoms with Gasteiger partial charge in [0.15, 0.2) is 0 Å². The molecule has 2 rings (SSSR count). The van der Waals surface area contributed by atoms with Crippen LogP contribution in [-0.2, 0) is 4.84 Å². The third-order valence-corrected chi connectivity index (χ3v) is 1.72. The Hall–Kier alpha value is -1.00. The molecule has 0 unspecified atom stereocenters. The lowest BCUT2D eigenvalue weighted by molar-refractivity contribution is 0.0882. The van der Waals surface area contributed by atoms with E-state index in [1.165, 1.54) is 6.33 Å². The van der Waals surface area contributed by atoms with Gasteiger partial charge in [-0.25, -0.2) is 9.97 Å². The van der Waals surface area contributed by atoms with Crippen LogP contribution >= 0.6 is 0 Å². The van der Waals surface area contributed by atoms with Gasteiger partial charge in [-0.3, -0.25) is 0 Å². The molecular weight excluding hydrogens is 142 g/mol. The lowest BCUT2D eigenvalue weighted by Gasteiger charge is -2.05. The van der Waals surface area contributed by atoms with Crippen molar-refractivity contribution in [1.82, 2.24) is 15.4 Å². The predicted molar refractivity (Wildman–Crippen MR) is 38.5 cm³/mol. The van der Waals surface area contributed by atoms with Gasteiger partial charge in [0.05, 0.1) is 12.6 Å². The minimum absolute atomic E-state index is 0.274.